The molecule has 2 heterocycles. The zero-order valence-electron chi connectivity index (χ0n) is 27.1. The first kappa shape index (κ1) is 31.2. The van der Waals surface area contributed by atoms with E-state index in [0.717, 1.165) is 54.7 Å². The lowest BCUT2D eigenvalue weighted by Crippen LogP contribution is -2.29. The van der Waals surface area contributed by atoms with Crippen LogP contribution in [0.3, 0.4) is 0 Å². The smallest absolute Gasteiger partial charge is 0.258 e. The summed E-state index contributed by atoms with van der Waals surface area (Å²) in [6.45, 7) is 12.5. The van der Waals surface area contributed by atoms with E-state index in [1.807, 2.05) is 27.7 Å². The van der Waals surface area contributed by atoms with Crippen LogP contribution in [-0.4, -0.2) is 23.6 Å². The molecule has 8 heteroatoms. The van der Waals surface area contributed by atoms with E-state index in [4.69, 9.17) is 9.47 Å². The largest absolute Gasteiger partial charge is 0.457 e. The molecule has 0 bridgehead atoms. The Morgan fingerprint density at radius 2 is 0.745 bits per heavy atom. The van der Waals surface area contributed by atoms with Crippen molar-refractivity contribution < 1.29 is 28.7 Å². The van der Waals surface area contributed by atoms with Crippen LogP contribution in [0.2, 0.25) is 0 Å². The van der Waals surface area contributed by atoms with Crippen molar-refractivity contribution in [3.63, 3.8) is 0 Å². The molecular weight excluding hydrogens is 592 g/mol. The molecule has 0 radical (unpaired) electrons. The quantitative estimate of drug-likeness (QED) is 0.186. The van der Waals surface area contributed by atoms with Gasteiger partial charge in [-0.25, -0.2) is 9.80 Å². The van der Waals surface area contributed by atoms with Gasteiger partial charge in [-0.05, 0) is 110 Å². The van der Waals surface area contributed by atoms with Gasteiger partial charge in [0.25, 0.3) is 23.6 Å². The Balaban J connectivity index is 1.19. The minimum Gasteiger partial charge on any atom is -0.457 e. The maximum absolute atomic E-state index is 12.0. The summed E-state index contributed by atoms with van der Waals surface area (Å²) in [7, 11) is 0. The van der Waals surface area contributed by atoms with Gasteiger partial charge in [-0.2, -0.15) is 0 Å². The lowest BCUT2D eigenvalue weighted by Gasteiger charge is -2.29. The van der Waals surface area contributed by atoms with Crippen LogP contribution in [0.5, 0.6) is 23.0 Å². The van der Waals surface area contributed by atoms with E-state index in [2.05, 4.69) is 38.1 Å². The van der Waals surface area contributed by atoms with Crippen LogP contribution in [0.4, 0.5) is 11.4 Å². The molecule has 0 aromatic heterocycles. The van der Waals surface area contributed by atoms with Crippen LogP contribution < -0.4 is 19.3 Å². The summed E-state index contributed by atoms with van der Waals surface area (Å²) in [5, 5.41) is 0. The van der Waals surface area contributed by atoms with E-state index in [0.29, 0.717) is 22.9 Å². The average molecular weight is 627 g/mol. The number of aryl methyl sites for hydroxylation is 4. The fourth-order valence-electron chi connectivity index (χ4n) is 5.98. The molecule has 4 amide bonds. The Morgan fingerprint density at radius 3 is 1.02 bits per heavy atom. The van der Waals surface area contributed by atoms with Gasteiger partial charge >= 0.3 is 0 Å². The molecule has 0 saturated heterocycles. The van der Waals surface area contributed by atoms with Gasteiger partial charge in [0, 0.05) is 29.7 Å². The Hall–Kier alpha value is -5.76. The van der Waals surface area contributed by atoms with Crippen LogP contribution in [0.25, 0.3) is 0 Å². The first-order valence-corrected chi connectivity index (χ1v) is 15.2. The SMILES string of the molecule is Cc1cc(C(C)(C)c2cc(C)c(Oc3ccc(N4C(=O)C=CC4=O)cc3)c(C)c2)cc(C)c1Oc1ccc(N2C(=O)C=CC2=O)cc1. The second-order valence-electron chi connectivity index (χ2n) is 12.4. The molecule has 2 aliphatic rings. The minimum atomic E-state index is -0.360. The highest BCUT2D eigenvalue weighted by Crippen LogP contribution is 2.40. The van der Waals surface area contributed by atoms with Crippen LogP contribution in [0, 0.1) is 27.7 Å². The normalized spacial score (nSPS) is 14.5. The molecule has 0 unspecified atom stereocenters. The average Bonchev–Trinajstić information content (AvgIpc) is 3.55. The van der Waals surface area contributed by atoms with Gasteiger partial charge in [-0.3, -0.25) is 19.2 Å². The molecule has 47 heavy (non-hydrogen) atoms. The van der Waals surface area contributed by atoms with Crippen molar-refractivity contribution in [1.29, 1.82) is 0 Å². The van der Waals surface area contributed by atoms with E-state index in [-0.39, 0.29) is 29.0 Å². The Morgan fingerprint density at radius 1 is 0.468 bits per heavy atom. The standard InChI is InChI=1S/C39H34N2O6/c1-23-19-27(20-24(2)37(23)46-31-11-7-29(8-12-31)40-33(42)15-16-34(40)43)39(5,6)28-21-25(3)38(26(4)22-28)47-32-13-9-30(10-14-32)41-35(44)17-18-36(41)45/h7-22H,1-6H3. The van der Waals surface area contributed by atoms with Crippen LogP contribution in [0.1, 0.15) is 47.2 Å². The molecule has 6 rings (SSSR count). The number of hydrogen-bond donors (Lipinski definition) is 0. The summed E-state index contributed by atoms with van der Waals surface area (Å²) >= 11 is 0. The number of imide groups is 2. The molecule has 236 valence electrons. The molecule has 0 aliphatic carbocycles. The van der Waals surface area contributed by atoms with Crippen molar-refractivity contribution in [3.8, 4) is 23.0 Å². The Bertz CT molecular complexity index is 1790. The van der Waals surface area contributed by atoms with E-state index in [9.17, 15) is 19.2 Å². The molecule has 0 atom stereocenters. The number of benzene rings is 4. The molecule has 2 aliphatic heterocycles. The molecular formula is C39H34N2O6. The highest BCUT2D eigenvalue weighted by molar-refractivity contribution is 6.28. The molecule has 0 saturated carbocycles. The van der Waals surface area contributed by atoms with E-state index in [1.54, 1.807) is 48.5 Å². The maximum atomic E-state index is 12.0. The third kappa shape index (κ3) is 5.86. The number of hydrogen-bond acceptors (Lipinski definition) is 6. The third-order valence-corrected chi connectivity index (χ3v) is 8.61. The number of amides is 4. The van der Waals surface area contributed by atoms with Gasteiger partial charge in [0.15, 0.2) is 0 Å². The number of carbonyl (C=O) groups is 4. The van der Waals surface area contributed by atoms with Crippen molar-refractivity contribution in [2.24, 2.45) is 0 Å². The van der Waals surface area contributed by atoms with Gasteiger partial charge in [0.2, 0.25) is 0 Å². The second-order valence-corrected chi connectivity index (χ2v) is 12.4. The predicted octanol–water partition coefficient (Wildman–Crippen LogP) is 7.69. The lowest BCUT2D eigenvalue weighted by molar-refractivity contribution is -0.121. The first-order valence-electron chi connectivity index (χ1n) is 15.2. The van der Waals surface area contributed by atoms with Crippen molar-refractivity contribution in [2.75, 3.05) is 9.80 Å². The Kier molecular flexibility index (Phi) is 7.89. The van der Waals surface area contributed by atoms with Crippen LogP contribution >= 0.6 is 0 Å². The fraction of sp³-hybridized carbons (Fsp3) is 0.179. The van der Waals surface area contributed by atoms with E-state index < -0.39 is 0 Å². The number of rotatable bonds is 8. The monoisotopic (exact) mass is 626 g/mol. The Labute approximate surface area is 273 Å². The summed E-state index contributed by atoms with van der Waals surface area (Å²) in [6.07, 6.45) is 5.05. The molecule has 0 N–H and O–H groups in total. The molecule has 0 fully saturated rings. The second kappa shape index (κ2) is 11.9. The zero-order valence-corrected chi connectivity index (χ0v) is 27.1. The summed E-state index contributed by atoms with van der Waals surface area (Å²) in [5.74, 6) is 1.27. The number of anilines is 2. The van der Waals surface area contributed by atoms with Gasteiger partial charge in [-0.1, -0.05) is 38.1 Å². The maximum Gasteiger partial charge on any atom is 0.258 e. The van der Waals surface area contributed by atoms with Gasteiger partial charge in [0.05, 0.1) is 11.4 Å². The van der Waals surface area contributed by atoms with E-state index >= 15 is 0 Å². The van der Waals surface area contributed by atoms with Gasteiger partial charge in [0.1, 0.15) is 23.0 Å². The molecule has 4 aromatic rings. The number of nitrogens with zero attached hydrogens (tertiary/aromatic N) is 2. The highest BCUT2D eigenvalue weighted by Gasteiger charge is 2.28. The molecule has 4 aromatic carbocycles. The van der Waals surface area contributed by atoms with Gasteiger partial charge < -0.3 is 9.47 Å². The van der Waals surface area contributed by atoms with Crippen LogP contribution in [-0.2, 0) is 24.6 Å². The predicted molar refractivity (Wildman–Crippen MR) is 180 cm³/mol. The van der Waals surface area contributed by atoms with Crippen molar-refractivity contribution in [2.45, 2.75) is 47.0 Å². The molecule has 8 nitrogen and oxygen atoms in total. The third-order valence-electron chi connectivity index (χ3n) is 8.61. The highest BCUT2D eigenvalue weighted by atomic mass is 16.5. The minimum absolute atomic E-state index is 0.336. The van der Waals surface area contributed by atoms with Crippen molar-refractivity contribution in [3.05, 3.63) is 130 Å². The summed E-state index contributed by atoms with van der Waals surface area (Å²) in [5.41, 5.74) is 6.85. The zero-order chi connectivity index (χ0) is 33.6. The molecule has 0 spiro atoms. The van der Waals surface area contributed by atoms with E-state index in [1.165, 1.54) is 24.3 Å². The topological polar surface area (TPSA) is 93.2 Å². The summed E-state index contributed by atoms with van der Waals surface area (Å²) in [4.78, 5) is 50.3. The summed E-state index contributed by atoms with van der Waals surface area (Å²) < 4.78 is 12.6. The van der Waals surface area contributed by atoms with Crippen molar-refractivity contribution >= 4 is 35.0 Å². The van der Waals surface area contributed by atoms with Crippen molar-refractivity contribution in [1.82, 2.24) is 0 Å². The van der Waals surface area contributed by atoms with Gasteiger partial charge in [-0.15, -0.1) is 0 Å². The summed E-state index contributed by atoms with van der Waals surface area (Å²) in [6, 6.07) is 22.4. The lowest BCUT2D eigenvalue weighted by atomic mass is 9.76. The number of carbonyl (C=O) groups excluding carboxylic acids is 4. The van der Waals surface area contributed by atoms with Crippen LogP contribution in [0.15, 0.2) is 97.1 Å². The number of ether oxygens (including phenoxy) is 2. The first-order chi connectivity index (χ1) is 22.3. The fourth-order valence-corrected chi connectivity index (χ4v) is 5.98.